The molecule has 0 amide bonds. The molecule has 0 aliphatic carbocycles. The number of carbonyl (C=O) groups is 1. The number of hydrogen-bond donors (Lipinski definition) is 1. The molecule has 0 bridgehead atoms. The minimum absolute atomic E-state index is 0.0268. The summed E-state index contributed by atoms with van der Waals surface area (Å²) in [6, 6.07) is 8.12. The number of ether oxygens (including phenoxy) is 1. The molecule has 34 heavy (non-hydrogen) atoms. The molecule has 0 radical (unpaired) electrons. The molecule has 0 atom stereocenters. The van der Waals surface area contributed by atoms with Crippen LogP contribution in [0.15, 0.2) is 59.7 Å². The maximum Gasteiger partial charge on any atom is 0.573 e. The number of rotatable bonds is 4. The Bertz CT molecular complexity index is 1460. The van der Waals surface area contributed by atoms with Gasteiger partial charge in [0, 0.05) is 6.20 Å². The number of nitrogens with zero attached hydrogens (tertiary/aromatic N) is 4. The normalized spacial score (nSPS) is 12.2. The highest BCUT2D eigenvalue weighted by atomic mass is 19.4. The summed E-state index contributed by atoms with van der Waals surface area (Å²) in [5, 5.41) is 16.5. The van der Waals surface area contributed by atoms with Crippen molar-refractivity contribution in [2.75, 3.05) is 0 Å². The molecule has 0 unspecified atom stereocenters. The molecule has 0 saturated carbocycles. The number of aromatic carboxylic acids is 1. The summed E-state index contributed by atoms with van der Waals surface area (Å²) in [5.41, 5.74) is -3.28. The van der Waals surface area contributed by atoms with Crippen molar-refractivity contribution in [1.82, 2.24) is 19.6 Å². The second kappa shape index (κ2) is 7.90. The number of carboxylic acid groups (broad SMARTS) is 1. The maximum absolute atomic E-state index is 13.0. The van der Waals surface area contributed by atoms with Crippen molar-refractivity contribution in [2.24, 2.45) is 0 Å². The molecular weight excluding hydrogens is 474 g/mol. The van der Waals surface area contributed by atoms with Gasteiger partial charge in [-0.1, -0.05) is 6.07 Å². The highest BCUT2D eigenvalue weighted by molar-refractivity contribution is 5.94. The number of fused-ring (bicyclic) bond motifs is 1. The van der Waals surface area contributed by atoms with Crippen LogP contribution < -0.4 is 10.2 Å². The van der Waals surface area contributed by atoms with Crippen LogP contribution in [0.4, 0.5) is 26.3 Å². The molecule has 4 rings (SSSR count). The van der Waals surface area contributed by atoms with Crippen molar-refractivity contribution < 1.29 is 41.0 Å². The van der Waals surface area contributed by atoms with E-state index >= 15 is 0 Å². The second-order valence-corrected chi connectivity index (χ2v) is 6.78. The van der Waals surface area contributed by atoms with Crippen molar-refractivity contribution in [2.45, 2.75) is 12.5 Å². The summed E-state index contributed by atoms with van der Waals surface area (Å²) in [4.78, 5) is 24.5. The van der Waals surface area contributed by atoms with Crippen molar-refractivity contribution in [3.8, 4) is 17.1 Å². The van der Waals surface area contributed by atoms with E-state index in [-0.39, 0.29) is 22.3 Å². The van der Waals surface area contributed by atoms with Gasteiger partial charge < -0.3 is 9.84 Å². The molecule has 0 fully saturated rings. The topological polar surface area (TPSA) is 99.2 Å². The lowest BCUT2D eigenvalue weighted by Gasteiger charge is -2.14. The third kappa shape index (κ3) is 4.29. The van der Waals surface area contributed by atoms with E-state index < -0.39 is 40.9 Å². The smallest absolute Gasteiger partial charge is 0.476 e. The Hall–Kier alpha value is -4.36. The Balaban J connectivity index is 1.95. The van der Waals surface area contributed by atoms with Crippen molar-refractivity contribution in [3.05, 3.63) is 76.3 Å². The van der Waals surface area contributed by atoms with Crippen LogP contribution in [-0.2, 0) is 6.18 Å². The van der Waals surface area contributed by atoms with Gasteiger partial charge in [0.25, 0.3) is 0 Å². The van der Waals surface area contributed by atoms with Gasteiger partial charge in [0.1, 0.15) is 5.75 Å². The molecule has 8 nitrogen and oxygen atoms in total. The Morgan fingerprint density at radius 2 is 1.68 bits per heavy atom. The van der Waals surface area contributed by atoms with Crippen LogP contribution in [0.2, 0.25) is 0 Å². The van der Waals surface area contributed by atoms with E-state index in [9.17, 15) is 41.0 Å². The van der Waals surface area contributed by atoms with Crippen molar-refractivity contribution >= 4 is 16.9 Å². The fraction of sp³-hybridized carbons (Fsp3) is 0.100. The van der Waals surface area contributed by atoms with Gasteiger partial charge in [-0.15, -0.1) is 13.2 Å². The molecule has 0 spiro atoms. The van der Waals surface area contributed by atoms with E-state index in [0.29, 0.717) is 12.4 Å². The Morgan fingerprint density at radius 1 is 1.00 bits per heavy atom. The lowest BCUT2D eigenvalue weighted by Crippen LogP contribution is -2.23. The summed E-state index contributed by atoms with van der Waals surface area (Å²) in [6.07, 6.45) is -8.48. The van der Waals surface area contributed by atoms with Crippen LogP contribution in [0.5, 0.6) is 5.75 Å². The molecule has 0 aliphatic rings. The average Bonchev–Trinajstić information content (AvgIpc) is 3.24. The number of benzene rings is 2. The van der Waals surface area contributed by atoms with Gasteiger partial charge in [-0.2, -0.15) is 23.4 Å². The zero-order valence-electron chi connectivity index (χ0n) is 16.4. The quantitative estimate of drug-likeness (QED) is 0.437. The summed E-state index contributed by atoms with van der Waals surface area (Å²) in [6.45, 7) is 0. The fourth-order valence-corrected chi connectivity index (χ4v) is 3.17. The summed E-state index contributed by atoms with van der Waals surface area (Å²) in [5.74, 6) is -2.28. The van der Waals surface area contributed by atoms with Gasteiger partial charge in [-0.25, -0.2) is 14.2 Å². The molecule has 176 valence electrons. The highest BCUT2D eigenvalue weighted by Crippen LogP contribution is 2.30. The summed E-state index contributed by atoms with van der Waals surface area (Å²) < 4.78 is 81.8. The fourth-order valence-electron chi connectivity index (χ4n) is 3.17. The van der Waals surface area contributed by atoms with E-state index in [1.807, 2.05) is 0 Å². The van der Waals surface area contributed by atoms with E-state index in [1.54, 1.807) is 0 Å². The standard InChI is InChI=1S/C20H10F6N4O4/c21-19(22,23)10-8-27-29(9-10)13-2-1-3-14-15(13)17(31)16(18(32)33)28-30(14)11-4-6-12(7-5-11)34-20(24,25)26/h1-9H,(H,32,33). The zero-order chi connectivity index (χ0) is 24.8. The third-order valence-electron chi connectivity index (χ3n) is 4.56. The van der Waals surface area contributed by atoms with Crippen molar-refractivity contribution in [1.29, 1.82) is 0 Å². The lowest BCUT2D eigenvalue weighted by molar-refractivity contribution is -0.274. The minimum Gasteiger partial charge on any atom is -0.476 e. The molecule has 14 heteroatoms. The Labute approximate surface area is 184 Å². The number of halogens is 6. The predicted octanol–water partition coefficient (Wildman–Crippen LogP) is 4.19. The molecule has 4 aromatic rings. The van der Waals surface area contributed by atoms with E-state index in [1.165, 1.54) is 18.2 Å². The molecule has 1 N–H and O–H groups in total. The average molecular weight is 484 g/mol. The van der Waals surface area contributed by atoms with Crippen molar-refractivity contribution in [3.63, 3.8) is 0 Å². The van der Waals surface area contributed by atoms with Gasteiger partial charge in [0.15, 0.2) is 0 Å². The van der Waals surface area contributed by atoms with Gasteiger partial charge in [0.05, 0.1) is 34.0 Å². The SMILES string of the molecule is O=C(O)c1nn(-c2ccc(OC(F)(F)F)cc2)c2cccc(-n3cc(C(F)(F)F)cn3)c2c1=O. The van der Waals surface area contributed by atoms with E-state index in [0.717, 1.165) is 33.6 Å². The first-order valence-electron chi connectivity index (χ1n) is 9.13. The van der Waals surface area contributed by atoms with Gasteiger partial charge in [-0.3, -0.25) is 4.79 Å². The van der Waals surface area contributed by atoms with E-state index in [4.69, 9.17) is 0 Å². The Kier molecular flexibility index (Phi) is 5.30. The summed E-state index contributed by atoms with van der Waals surface area (Å²) in [7, 11) is 0. The molecule has 2 aromatic carbocycles. The number of alkyl halides is 6. The molecule has 2 aromatic heterocycles. The molecule has 2 heterocycles. The number of hydrogen-bond acceptors (Lipinski definition) is 5. The first-order valence-corrected chi connectivity index (χ1v) is 9.13. The van der Waals surface area contributed by atoms with Crippen LogP contribution in [0.1, 0.15) is 16.1 Å². The maximum atomic E-state index is 13.0. The second-order valence-electron chi connectivity index (χ2n) is 6.78. The number of aromatic nitrogens is 4. The van der Waals surface area contributed by atoms with Gasteiger partial charge >= 0.3 is 18.5 Å². The molecule has 0 aliphatic heterocycles. The van der Waals surface area contributed by atoms with Crippen LogP contribution in [0.25, 0.3) is 22.3 Å². The molecular formula is C20H10F6N4O4. The zero-order valence-corrected chi connectivity index (χ0v) is 16.4. The first-order chi connectivity index (χ1) is 15.8. The van der Waals surface area contributed by atoms with Gasteiger partial charge in [-0.05, 0) is 36.4 Å². The number of carboxylic acids is 1. The predicted molar refractivity (Wildman–Crippen MR) is 103 cm³/mol. The first kappa shape index (κ1) is 22.8. The molecule has 0 saturated heterocycles. The lowest BCUT2D eigenvalue weighted by atomic mass is 10.1. The minimum atomic E-state index is -4.94. The van der Waals surface area contributed by atoms with Crippen LogP contribution >= 0.6 is 0 Å². The van der Waals surface area contributed by atoms with Crippen LogP contribution in [-0.4, -0.2) is 37.0 Å². The van der Waals surface area contributed by atoms with Gasteiger partial charge in [0.2, 0.25) is 11.1 Å². The summed E-state index contributed by atoms with van der Waals surface area (Å²) >= 11 is 0. The monoisotopic (exact) mass is 484 g/mol. The van der Waals surface area contributed by atoms with Crippen LogP contribution in [0, 0.1) is 0 Å². The highest BCUT2D eigenvalue weighted by Gasteiger charge is 2.33. The van der Waals surface area contributed by atoms with Crippen LogP contribution in [0.3, 0.4) is 0 Å². The Morgan fingerprint density at radius 3 is 2.24 bits per heavy atom. The van der Waals surface area contributed by atoms with E-state index in [2.05, 4.69) is 14.9 Å². The largest absolute Gasteiger partial charge is 0.573 e. The third-order valence-corrected chi connectivity index (χ3v) is 4.56.